The van der Waals surface area contributed by atoms with E-state index in [0.717, 1.165) is 6.42 Å². The molecule has 130 valence electrons. The summed E-state index contributed by atoms with van der Waals surface area (Å²) in [7, 11) is -1.44. The summed E-state index contributed by atoms with van der Waals surface area (Å²) >= 11 is 0. The molecular formula is C21H31NOSi. The van der Waals surface area contributed by atoms with E-state index >= 15 is 0 Å². The van der Waals surface area contributed by atoms with Crippen LogP contribution >= 0.6 is 0 Å². The molecule has 0 bridgehead atoms. The number of aliphatic hydroxyl groups excluding tert-OH is 1. The number of rotatable bonds is 9. The molecule has 2 N–H and O–H groups in total. The smallest absolute Gasteiger partial charge is 0.119 e. The van der Waals surface area contributed by atoms with Gasteiger partial charge in [-0.05, 0) is 29.2 Å². The van der Waals surface area contributed by atoms with E-state index in [1.54, 1.807) is 0 Å². The van der Waals surface area contributed by atoms with Crippen molar-refractivity contribution in [1.82, 2.24) is 4.98 Å². The molecule has 0 aliphatic rings. The van der Waals surface area contributed by atoms with Crippen molar-refractivity contribution in [2.75, 3.05) is 6.61 Å². The quantitative estimate of drug-likeness (QED) is 0.639. The van der Waals surface area contributed by atoms with E-state index in [1.165, 1.54) is 35.6 Å². The first-order valence-electron chi connectivity index (χ1n) is 9.07. The maximum absolute atomic E-state index is 9.77. The molecule has 0 heterocycles. The van der Waals surface area contributed by atoms with Crippen LogP contribution in [0.5, 0.6) is 0 Å². The van der Waals surface area contributed by atoms with Gasteiger partial charge in [0.05, 0.1) is 6.61 Å². The molecule has 0 saturated heterocycles. The Labute approximate surface area is 148 Å². The lowest BCUT2D eigenvalue weighted by Gasteiger charge is -2.29. The monoisotopic (exact) mass is 341 g/mol. The summed E-state index contributed by atoms with van der Waals surface area (Å²) in [5.74, 6) is 0. The van der Waals surface area contributed by atoms with Gasteiger partial charge in [0.1, 0.15) is 8.24 Å². The molecule has 2 aromatic rings. The van der Waals surface area contributed by atoms with Gasteiger partial charge >= 0.3 is 0 Å². The molecule has 2 nitrogen and oxygen atoms in total. The molecule has 3 heteroatoms. The first-order valence-corrected chi connectivity index (χ1v) is 12.3. The molecule has 24 heavy (non-hydrogen) atoms. The molecule has 0 fully saturated rings. The van der Waals surface area contributed by atoms with E-state index in [2.05, 4.69) is 73.5 Å². The predicted molar refractivity (Wildman–Crippen MR) is 107 cm³/mol. The second-order valence-corrected chi connectivity index (χ2v) is 11.8. The molecule has 0 aliphatic carbocycles. The molecule has 0 aromatic heterocycles. The van der Waals surface area contributed by atoms with Crippen molar-refractivity contribution < 1.29 is 5.11 Å². The predicted octanol–water partition coefficient (Wildman–Crippen LogP) is 4.85. The number of hydrogen-bond acceptors (Lipinski definition) is 2. The van der Waals surface area contributed by atoms with Crippen LogP contribution in [0.3, 0.4) is 0 Å². The van der Waals surface area contributed by atoms with Gasteiger partial charge in [-0.2, -0.15) is 0 Å². The molecule has 1 atom stereocenters. The maximum Gasteiger partial charge on any atom is 0.119 e. The van der Waals surface area contributed by atoms with Crippen LogP contribution in [0.2, 0.25) is 19.1 Å². The molecule has 0 saturated carbocycles. The van der Waals surface area contributed by atoms with Gasteiger partial charge in [0.15, 0.2) is 0 Å². The minimum atomic E-state index is -1.44. The van der Waals surface area contributed by atoms with Crippen LogP contribution in [0.25, 0.3) is 11.1 Å². The highest BCUT2D eigenvalue weighted by molar-refractivity contribution is 6.75. The van der Waals surface area contributed by atoms with Gasteiger partial charge in [0.25, 0.3) is 0 Å². The van der Waals surface area contributed by atoms with E-state index < -0.39 is 8.24 Å². The Morgan fingerprint density at radius 1 is 0.958 bits per heavy atom. The van der Waals surface area contributed by atoms with Gasteiger partial charge in [0.2, 0.25) is 0 Å². The standard InChI is InChI=1S/C21H31NOSi/c1-4-5-15-24(2,3)22-21(17-23)16-18-11-13-20(14-12-18)19-9-7-6-8-10-19/h6-14,21-23H,4-5,15-17H2,1-3H3. The summed E-state index contributed by atoms with van der Waals surface area (Å²) in [5.41, 5.74) is 3.76. The third-order valence-electron chi connectivity index (χ3n) is 4.51. The SMILES string of the molecule is CCCC[Si](C)(C)NC(CO)Cc1ccc(-c2ccccc2)cc1. The fourth-order valence-electron chi connectivity index (χ4n) is 3.15. The minimum absolute atomic E-state index is 0.158. The fourth-order valence-corrected chi connectivity index (χ4v) is 5.83. The molecule has 1 unspecified atom stereocenters. The number of benzene rings is 2. The van der Waals surface area contributed by atoms with Crippen LogP contribution < -0.4 is 4.98 Å². The van der Waals surface area contributed by atoms with Gasteiger partial charge in [-0.25, -0.2) is 0 Å². The van der Waals surface area contributed by atoms with Crippen molar-refractivity contribution in [3.8, 4) is 11.1 Å². The van der Waals surface area contributed by atoms with Gasteiger partial charge in [0, 0.05) is 6.04 Å². The van der Waals surface area contributed by atoms with Crippen LogP contribution in [0, 0.1) is 0 Å². The van der Waals surface area contributed by atoms with E-state index in [4.69, 9.17) is 0 Å². The third kappa shape index (κ3) is 5.89. The van der Waals surface area contributed by atoms with Crippen molar-refractivity contribution in [3.05, 3.63) is 60.2 Å². The Balaban J connectivity index is 1.98. The van der Waals surface area contributed by atoms with Crippen LogP contribution in [0.4, 0.5) is 0 Å². The molecule has 2 aromatic carbocycles. The lowest BCUT2D eigenvalue weighted by Crippen LogP contribution is -2.52. The third-order valence-corrected chi connectivity index (χ3v) is 7.31. The second-order valence-electron chi connectivity index (χ2n) is 7.28. The average Bonchev–Trinajstić information content (AvgIpc) is 2.60. The zero-order valence-corrected chi connectivity index (χ0v) is 16.3. The zero-order valence-electron chi connectivity index (χ0n) is 15.3. The normalized spacial score (nSPS) is 13.0. The number of unbranched alkanes of at least 4 members (excludes halogenated alkanes) is 1. The number of hydrogen-bond donors (Lipinski definition) is 2. The van der Waals surface area contributed by atoms with Gasteiger partial charge in [-0.3, -0.25) is 0 Å². The highest BCUT2D eigenvalue weighted by atomic mass is 28.3. The molecule has 0 aliphatic heterocycles. The topological polar surface area (TPSA) is 32.3 Å². The largest absolute Gasteiger partial charge is 0.395 e. The molecular weight excluding hydrogens is 310 g/mol. The Morgan fingerprint density at radius 2 is 1.58 bits per heavy atom. The summed E-state index contributed by atoms with van der Waals surface area (Å²) in [4.78, 5) is 3.76. The summed E-state index contributed by atoms with van der Waals surface area (Å²) in [6.45, 7) is 7.17. The second kappa shape index (κ2) is 9.16. The summed E-state index contributed by atoms with van der Waals surface area (Å²) in [6, 6.07) is 20.6. The molecule has 0 spiro atoms. The zero-order chi connectivity index (χ0) is 17.4. The fraction of sp³-hybridized carbons (Fsp3) is 0.429. The summed E-state index contributed by atoms with van der Waals surface area (Å²) in [6.07, 6.45) is 3.40. The molecule has 0 amide bonds. The van der Waals surface area contributed by atoms with E-state index in [0.29, 0.717) is 0 Å². The van der Waals surface area contributed by atoms with E-state index in [1.807, 2.05) is 6.07 Å². The van der Waals surface area contributed by atoms with Crippen molar-refractivity contribution in [3.63, 3.8) is 0 Å². The van der Waals surface area contributed by atoms with Crippen LogP contribution in [-0.2, 0) is 6.42 Å². The maximum atomic E-state index is 9.77. The molecule has 0 radical (unpaired) electrons. The van der Waals surface area contributed by atoms with Crippen molar-refractivity contribution >= 4 is 8.24 Å². The van der Waals surface area contributed by atoms with E-state index in [9.17, 15) is 5.11 Å². The lowest BCUT2D eigenvalue weighted by molar-refractivity contribution is 0.255. The van der Waals surface area contributed by atoms with Crippen molar-refractivity contribution in [1.29, 1.82) is 0 Å². The van der Waals surface area contributed by atoms with Gasteiger partial charge in [-0.15, -0.1) is 0 Å². The first-order chi connectivity index (χ1) is 11.5. The van der Waals surface area contributed by atoms with E-state index in [-0.39, 0.29) is 12.6 Å². The van der Waals surface area contributed by atoms with Gasteiger partial charge < -0.3 is 10.1 Å². The highest BCUT2D eigenvalue weighted by Gasteiger charge is 2.23. The lowest BCUT2D eigenvalue weighted by atomic mass is 10.0. The highest BCUT2D eigenvalue weighted by Crippen LogP contribution is 2.20. The van der Waals surface area contributed by atoms with Crippen molar-refractivity contribution in [2.24, 2.45) is 0 Å². The minimum Gasteiger partial charge on any atom is -0.395 e. The first kappa shape index (κ1) is 18.9. The summed E-state index contributed by atoms with van der Waals surface area (Å²) in [5, 5.41) is 9.77. The summed E-state index contributed by atoms with van der Waals surface area (Å²) < 4.78 is 0. The average molecular weight is 342 g/mol. The van der Waals surface area contributed by atoms with Crippen LogP contribution in [0.1, 0.15) is 25.3 Å². The molecule has 2 rings (SSSR count). The number of aliphatic hydroxyl groups is 1. The Morgan fingerprint density at radius 3 is 2.17 bits per heavy atom. The van der Waals surface area contributed by atoms with Crippen LogP contribution in [-0.4, -0.2) is 26.0 Å². The number of nitrogens with one attached hydrogen (secondary N) is 1. The Bertz CT molecular complexity index is 595. The Kier molecular flexibility index (Phi) is 7.22. The van der Waals surface area contributed by atoms with Crippen LogP contribution in [0.15, 0.2) is 54.6 Å². The Hall–Kier alpha value is -1.42. The van der Waals surface area contributed by atoms with Gasteiger partial charge in [-0.1, -0.05) is 87.5 Å². The van der Waals surface area contributed by atoms with Crippen molar-refractivity contribution in [2.45, 2.75) is 51.4 Å².